The molecule has 21 heavy (non-hydrogen) atoms. The standard InChI is InChI=1S/C16H30N2O3/c1-8-11-13(19)17-12(15(2,3)4)14(20)18(11)10-9-16(5,6)21-7/h11-12H,8-10H2,1-7H3,(H,17,19). The molecule has 5 heteroatoms. The van der Waals surface area contributed by atoms with Crippen molar-refractivity contribution in [1.82, 2.24) is 10.2 Å². The maximum Gasteiger partial charge on any atom is 0.246 e. The number of rotatable bonds is 5. The highest BCUT2D eigenvalue weighted by atomic mass is 16.5. The van der Waals surface area contributed by atoms with E-state index in [0.717, 1.165) is 0 Å². The molecule has 0 aromatic carbocycles. The first-order chi connectivity index (χ1) is 9.53. The number of ether oxygens (including phenoxy) is 1. The highest BCUT2D eigenvalue weighted by Gasteiger charge is 2.44. The van der Waals surface area contributed by atoms with E-state index in [9.17, 15) is 9.59 Å². The zero-order valence-corrected chi connectivity index (χ0v) is 14.4. The number of nitrogens with zero attached hydrogens (tertiary/aromatic N) is 1. The van der Waals surface area contributed by atoms with Crippen molar-refractivity contribution in [3.05, 3.63) is 0 Å². The summed E-state index contributed by atoms with van der Waals surface area (Å²) < 4.78 is 5.42. The molecule has 1 aliphatic heterocycles. The van der Waals surface area contributed by atoms with Crippen molar-refractivity contribution >= 4 is 11.8 Å². The second kappa shape index (κ2) is 6.34. The van der Waals surface area contributed by atoms with Gasteiger partial charge < -0.3 is 15.0 Å². The van der Waals surface area contributed by atoms with Crippen LogP contribution in [0.3, 0.4) is 0 Å². The summed E-state index contributed by atoms with van der Waals surface area (Å²) >= 11 is 0. The van der Waals surface area contributed by atoms with Gasteiger partial charge in [-0.2, -0.15) is 0 Å². The van der Waals surface area contributed by atoms with Gasteiger partial charge in [-0.15, -0.1) is 0 Å². The Balaban J connectivity index is 2.94. The smallest absolute Gasteiger partial charge is 0.246 e. The SMILES string of the molecule is CCC1C(=O)NC(C(C)(C)C)C(=O)N1CCC(C)(C)OC. The molecule has 2 unspecified atom stereocenters. The number of hydrogen-bond acceptors (Lipinski definition) is 3. The molecule has 0 spiro atoms. The van der Waals surface area contributed by atoms with Crippen LogP contribution in [0.4, 0.5) is 0 Å². The molecule has 1 saturated heterocycles. The average Bonchev–Trinajstić information content (AvgIpc) is 2.37. The Morgan fingerprint density at radius 3 is 2.19 bits per heavy atom. The van der Waals surface area contributed by atoms with Gasteiger partial charge in [-0.1, -0.05) is 27.7 Å². The molecule has 1 fully saturated rings. The van der Waals surface area contributed by atoms with E-state index in [1.807, 2.05) is 41.5 Å². The predicted molar refractivity (Wildman–Crippen MR) is 82.9 cm³/mol. The topological polar surface area (TPSA) is 58.6 Å². The minimum Gasteiger partial charge on any atom is -0.379 e. The Kier molecular flexibility index (Phi) is 5.42. The molecule has 0 aliphatic carbocycles. The van der Waals surface area contributed by atoms with Crippen molar-refractivity contribution in [1.29, 1.82) is 0 Å². The van der Waals surface area contributed by atoms with Crippen LogP contribution in [0, 0.1) is 5.41 Å². The van der Waals surface area contributed by atoms with Crippen molar-refractivity contribution in [2.45, 2.75) is 72.1 Å². The third kappa shape index (κ3) is 4.19. The van der Waals surface area contributed by atoms with Crippen molar-refractivity contribution in [3.63, 3.8) is 0 Å². The van der Waals surface area contributed by atoms with E-state index in [1.54, 1.807) is 12.0 Å². The van der Waals surface area contributed by atoms with Crippen molar-refractivity contribution in [3.8, 4) is 0 Å². The molecule has 1 aliphatic rings. The summed E-state index contributed by atoms with van der Waals surface area (Å²) in [5.41, 5.74) is -0.593. The number of amides is 2. The van der Waals surface area contributed by atoms with Gasteiger partial charge in [0.25, 0.3) is 0 Å². The molecule has 2 amide bonds. The van der Waals surface area contributed by atoms with Gasteiger partial charge in [0, 0.05) is 13.7 Å². The second-order valence-corrected chi connectivity index (χ2v) is 7.48. The van der Waals surface area contributed by atoms with Crippen LogP contribution in [0.2, 0.25) is 0 Å². The lowest BCUT2D eigenvalue weighted by molar-refractivity contribution is -0.153. The summed E-state index contributed by atoms with van der Waals surface area (Å²) in [6.07, 6.45) is 1.33. The Hall–Kier alpha value is -1.10. The Labute approximate surface area is 128 Å². The third-order valence-corrected chi connectivity index (χ3v) is 4.26. The lowest BCUT2D eigenvalue weighted by Crippen LogP contribution is -2.66. The first kappa shape index (κ1) is 18.0. The zero-order chi connectivity index (χ0) is 16.4. The molecule has 2 atom stereocenters. The summed E-state index contributed by atoms with van der Waals surface area (Å²) in [6, 6.07) is -0.831. The first-order valence-corrected chi connectivity index (χ1v) is 7.69. The van der Waals surface area contributed by atoms with Gasteiger partial charge in [0.2, 0.25) is 11.8 Å². The summed E-state index contributed by atoms with van der Waals surface area (Å²) in [7, 11) is 1.67. The largest absolute Gasteiger partial charge is 0.379 e. The molecule has 0 aromatic heterocycles. The monoisotopic (exact) mass is 298 g/mol. The van der Waals surface area contributed by atoms with Crippen molar-refractivity contribution in [2.75, 3.05) is 13.7 Å². The van der Waals surface area contributed by atoms with Crippen molar-refractivity contribution < 1.29 is 14.3 Å². The summed E-state index contributed by atoms with van der Waals surface area (Å²) in [5.74, 6) is -0.0342. The van der Waals surface area contributed by atoms with Crippen molar-refractivity contribution in [2.24, 2.45) is 5.41 Å². The van der Waals surface area contributed by atoms with Gasteiger partial charge in [-0.3, -0.25) is 9.59 Å². The fraction of sp³-hybridized carbons (Fsp3) is 0.875. The van der Waals surface area contributed by atoms with E-state index in [1.165, 1.54) is 0 Å². The van der Waals surface area contributed by atoms with E-state index < -0.39 is 6.04 Å². The van der Waals surface area contributed by atoms with Crippen LogP contribution in [0.1, 0.15) is 54.4 Å². The normalized spacial score (nSPS) is 24.2. The minimum atomic E-state index is -0.460. The number of hydrogen-bond donors (Lipinski definition) is 1. The van der Waals surface area contributed by atoms with Gasteiger partial charge in [-0.05, 0) is 32.1 Å². The van der Waals surface area contributed by atoms with Crippen LogP contribution in [0.5, 0.6) is 0 Å². The number of piperazine rings is 1. The molecule has 0 bridgehead atoms. The van der Waals surface area contributed by atoms with Gasteiger partial charge >= 0.3 is 0 Å². The van der Waals surface area contributed by atoms with E-state index >= 15 is 0 Å². The van der Waals surface area contributed by atoms with Crippen LogP contribution < -0.4 is 5.32 Å². The summed E-state index contributed by atoms with van der Waals surface area (Å²) in [5, 5.41) is 2.89. The lowest BCUT2D eigenvalue weighted by atomic mass is 9.83. The number of methoxy groups -OCH3 is 1. The Morgan fingerprint density at radius 2 is 1.76 bits per heavy atom. The summed E-state index contributed by atoms with van der Waals surface area (Å²) in [6.45, 7) is 12.4. The molecular weight excluding hydrogens is 268 g/mol. The number of carbonyl (C=O) groups excluding carboxylic acids is 2. The molecule has 0 saturated carbocycles. The van der Waals surface area contributed by atoms with E-state index in [0.29, 0.717) is 19.4 Å². The highest BCUT2D eigenvalue weighted by molar-refractivity contribution is 5.97. The predicted octanol–water partition coefficient (Wildman–Crippen LogP) is 1.95. The van der Waals surface area contributed by atoms with Gasteiger partial charge in [0.05, 0.1) is 5.60 Å². The molecule has 1 N–H and O–H groups in total. The molecule has 1 heterocycles. The lowest BCUT2D eigenvalue weighted by Gasteiger charge is -2.44. The van der Waals surface area contributed by atoms with E-state index in [4.69, 9.17) is 4.74 Å². The molecule has 122 valence electrons. The van der Waals surface area contributed by atoms with Gasteiger partial charge in [0.1, 0.15) is 12.1 Å². The Morgan fingerprint density at radius 1 is 1.19 bits per heavy atom. The quantitative estimate of drug-likeness (QED) is 0.844. The van der Waals surface area contributed by atoms with Gasteiger partial charge in [-0.25, -0.2) is 0 Å². The zero-order valence-electron chi connectivity index (χ0n) is 14.4. The average molecular weight is 298 g/mol. The molecule has 1 rings (SSSR count). The number of carbonyl (C=O) groups is 2. The molecular formula is C16H30N2O3. The van der Waals surface area contributed by atoms with Gasteiger partial charge in [0.15, 0.2) is 0 Å². The van der Waals surface area contributed by atoms with Crippen LogP contribution in [0.15, 0.2) is 0 Å². The van der Waals surface area contributed by atoms with Crippen LogP contribution >= 0.6 is 0 Å². The minimum absolute atomic E-state index is 0.0147. The van der Waals surface area contributed by atoms with E-state index in [2.05, 4.69) is 5.32 Å². The van der Waals surface area contributed by atoms with Crippen LogP contribution in [-0.4, -0.2) is 48.1 Å². The fourth-order valence-electron chi connectivity index (χ4n) is 2.51. The third-order valence-electron chi connectivity index (χ3n) is 4.26. The first-order valence-electron chi connectivity index (χ1n) is 7.69. The maximum atomic E-state index is 12.8. The summed E-state index contributed by atoms with van der Waals surface area (Å²) in [4.78, 5) is 26.8. The second-order valence-electron chi connectivity index (χ2n) is 7.48. The molecule has 5 nitrogen and oxygen atoms in total. The Bertz CT molecular complexity index is 399. The molecule has 0 radical (unpaired) electrons. The van der Waals surface area contributed by atoms with Crippen LogP contribution in [0.25, 0.3) is 0 Å². The maximum absolute atomic E-state index is 12.8. The fourth-order valence-corrected chi connectivity index (χ4v) is 2.51. The van der Waals surface area contributed by atoms with E-state index in [-0.39, 0.29) is 28.9 Å². The molecule has 0 aromatic rings. The number of nitrogens with one attached hydrogen (secondary N) is 1. The highest BCUT2D eigenvalue weighted by Crippen LogP contribution is 2.27. The van der Waals surface area contributed by atoms with Crippen LogP contribution in [-0.2, 0) is 14.3 Å².